The molecular formula is C23H19N3O3. The van der Waals surface area contributed by atoms with Crippen LogP contribution in [-0.2, 0) is 0 Å². The van der Waals surface area contributed by atoms with E-state index >= 15 is 0 Å². The van der Waals surface area contributed by atoms with Crippen molar-refractivity contribution in [3.05, 3.63) is 94.5 Å². The van der Waals surface area contributed by atoms with Gasteiger partial charge in [0.25, 0.3) is 11.5 Å². The van der Waals surface area contributed by atoms with Crippen molar-refractivity contribution in [1.29, 1.82) is 0 Å². The van der Waals surface area contributed by atoms with Gasteiger partial charge < -0.3 is 10.1 Å². The second-order valence-electron chi connectivity index (χ2n) is 6.55. The number of aromatic nitrogens is 2. The number of ether oxygens (including phenoxy) is 1. The third kappa shape index (κ3) is 3.60. The number of hydrogen-bond donors (Lipinski definition) is 1. The number of carbonyl (C=O) groups excluding carboxylic acids is 1. The number of fused-ring (bicyclic) bond motifs is 1. The fraction of sp³-hybridized carbons (Fsp3) is 0.0870. The number of methoxy groups -OCH3 is 1. The molecule has 0 fully saturated rings. The van der Waals surface area contributed by atoms with Crippen LogP contribution in [0.3, 0.4) is 0 Å². The molecule has 0 radical (unpaired) electrons. The lowest BCUT2D eigenvalue weighted by atomic mass is 10.1. The molecule has 6 heteroatoms. The molecule has 4 rings (SSSR count). The molecule has 1 amide bonds. The minimum Gasteiger partial charge on any atom is -0.497 e. The third-order valence-electron chi connectivity index (χ3n) is 4.68. The fourth-order valence-electron chi connectivity index (χ4n) is 3.19. The van der Waals surface area contributed by atoms with Crippen LogP contribution in [0.25, 0.3) is 16.6 Å². The molecule has 3 aromatic carbocycles. The Kier molecular flexibility index (Phi) is 4.83. The lowest BCUT2D eigenvalue weighted by Crippen LogP contribution is -2.22. The molecule has 1 aromatic heterocycles. The normalized spacial score (nSPS) is 10.7. The predicted octanol–water partition coefficient (Wildman–Crippen LogP) is 3.96. The summed E-state index contributed by atoms with van der Waals surface area (Å²) in [6.45, 7) is 1.79. The highest BCUT2D eigenvalue weighted by atomic mass is 16.5. The summed E-state index contributed by atoms with van der Waals surface area (Å²) in [7, 11) is 1.59. The highest BCUT2D eigenvalue weighted by Gasteiger charge is 2.11. The molecule has 0 saturated heterocycles. The average Bonchev–Trinajstić information content (AvgIpc) is 2.75. The first-order valence-corrected chi connectivity index (χ1v) is 9.11. The summed E-state index contributed by atoms with van der Waals surface area (Å²) in [6.07, 6.45) is 0. The third-order valence-corrected chi connectivity index (χ3v) is 4.68. The fourth-order valence-corrected chi connectivity index (χ4v) is 3.19. The van der Waals surface area contributed by atoms with Gasteiger partial charge in [0.2, 0.25) is 0 Å². The number of benzene rings is 3. The van der Waals surface area contributed by atoms with Crippen molar-refractivity contribution in [2.45, 2.75) is 6.92 Å². The smallest absolute Gasteiger partial charge is 0.265 e. The van der Waals surface area contributed by atoms with Gasteiger partial charge in [-0.2, -0.15) is 0 Å². The zero-order chi connectivity index (χ0) is 20.4. The zero-order valence-corrected chi connectivity index (χ0v) is 16.0. The van der Waals surface area contributed by atoms with Crippen LogP contribution in [0.15, 0.2) is 77.6 Å². The SMILES string of the molecule is COc1ccc(NC(=O)c2ccc(-n3c(C)nc4ccccc4c3=O)cc2)cc1. The molecule has 0 bridgehead atoms. The van der Waals surface area contributed by atoms with E-state index in [2.05, 4.69) is 10.3 Å². The van der Waals surface area contributed by atoms with Gasteiger partial charge in [0.1, 0.15) is 11.6 Å². The molecule has 0 saturated carbocycles. The molecule has 0 aliphatic carbocycles. The Morgan fingerprint density at radius 3 is 2.34 bits per heavy atom. The van der Waals surface area contributed by atoms with Crippen LogP contribution in [0.2, 0.25) is 0 Å². The Balaban J connectivity index is 1.61. The van der Waals surface area contributed by atoms with Crippen LogP contribution in [0.5, 0.6) is 5.75 Å². The van der Waals surface area contributed by atoms with Crippen molar-refractivity contribution in [2.75, 3.05) is 12.4 Å². The van der Waals surface area contributed by atoms with Gasteiger partial charge in [-0.25, -0.2) is 4.98 Å². The number of nitrogens with one attached hydrogen (secondary N) is 1. The Labute approximate surface area is 167 Å². The number of amides is 1. The molecule has 0 atom stereocenters. The molecule has 1 N–H and O–H groups in total. The van der Waals surface area contributed by atoms with Gasteiger partial charge in [-0.05, 0) is 67.6 Å². The van der Waals surface area contributed by atoms with E-state index < -0.39 is 0 Å². The van der Waals surface area contributed by atoms with Gasteiger partial charge >= 0.3 is 0 Å². The second kappa shape index (κ2) is 7.59. The Morgan fingerprint density at radius 2 is 1.66 bits per heavy atom. The number of para-hydroxylation sites is 1. The highest BCUT2D eigenvalue weighted by Crippen LogP contribution is 2.17. The molecule has 0 spiro atoms. The summed E-state index contributed by atoms with van der Waals surface area (Å²) in [4.78, 5) is 29.9. The Morgan fingerprint density at radius 1 is 0.966 bits per heavy atom. The number of rotatable bonds is 4. The Bertz CT molecular complexity index is 1240. The first kappa shape index (κ1) is 18.4. The molecule has 6 nitrogen and oxygen atoms in total. The summed E-state index contributed by atoms with van der Waals surface area (Å²) in [5.74, 6) is 1.07. The number of carbonyl (C=O) groups is 1. The maximum Gasteiger partial charge on any atom is 0.265 e. The average molecular weight is 385 g/mol. The van der Waals surface area contributed by atoms with Gasteiger partial charge in [0, 0.05) is 11.3 Å². The standard InChI is InChI=1S/C23H19N3O3/c1-15-24-21-6-4-3-5-20(21)23(28)26(15)18-11-7-16(8-12-18)22(27)25-17-9-13-19(29-2)14-10-17/h3-14H,1-2H3,(H,25,27). The van der Waals surface area contributed by atoms with Gasteiger partial charge in [0.05, 0.1) is 23.7 Å². The zero-order valence-electron chi connectivity index (χ0n) is 16.0. The van der Waals surface area contributed by atoms with Crippen LogP contribution in [0.1, 0.15) is 16.2 Å². The van der Waals surface area contributed by atoms with Gasteiger partial charge in [-0.3, -0.25) is 14.2 Å². The summed E-state index contributed by atoms with van der Waals surface area (Å²) in [5.41, 5.74) is 2.35. The first-order valence-electron chi connectivity index (χ1n) is 9.11. The summed E-state index contributed by atoms with van der Waals surface area (Å²) in [5, 5.41) is 3.40. The van der Waals surface area contributed by atoms with E-state index in [1.54, 1.807) is 73.2 Å². The molecule has 0 aliphatic rings. The van der Waals surface area contributed by atoms with Crippen molar-refractivity contribution in [3.8, 4) is 11.4 Å². The molecule has 29 heavy (non-hydrogen) atoms. The van der Waals surface area contributed by atoms with Crippen molar-refractivity contribution < 1.29 is 9.53 Å². The molecule has 0 unspecified atom stereocenters. The summed E-state index contributed by atoms with van der Waals surface area (Å²) < 4.78 is 6.66. The molecule has 4 aromatic rings. The van der Waals surface area contributed by atoms with Crippen LogP contribution < -0.4 is 15.6 Å². The monoisotopic (exact) mass is 385 g/mol. The van der Waals surface area contributed by atoms with E-state index in [0.29, 0.717) is 33.7 Å². The summed E-state index contributed by atoms with van der Waals surface area (Å²) >= 11 is 0. The van der Waals surface area contributed by atoms with Gasteiger partial charge in [-0.1, -0.05) is 12.1 Å². The maximum absolute atomic E-state index is 12.9. The molecular weight excluding hydrogens is 366 g/mol. The first-order chi connectivity index (χ1) is 14.1. The quantitative estimate of drug-likeness (QED) is 0.577. The van der Waals surface area contributed by atoms with E-state index in [9.17, 15) is 9.59 Å². The molecule has 1 heterocycles. The van der Waals surface area contributed by atoms with Crippen LogP contribution in [0.4, 0.5) is 5.69 Å². The molecule has 144 valence electrons. The van der Waals surface area contributed by atoms with E-state index in [1.165, 1.54) is 0 Å². The predicted molar refractivity (Wildman–Crippen MR) is 113 cm³/mol. The lowest BCUT2D eigenvalue weighted by molar-refractivity contribution is 0.102. The Hall–Kier alpha value is -3.93. The topological polar surface area (TPSA) is 73.2 Å². The van der Waals surface area contributed by atoms with Crippen molar-refractivity contribution in [3.63, 3.8) is 0 Å². The maximum atomic E-state index is 12.9. The van der Waals surface area contributed by atoms with Crippen LogP contribution in [-0.4, -0.2) is 22.6 Å². The van der Waals surface area contributed by atoms with Crippen LogP contribution >= 0.6 is 0 Å². The largest absolute Gasteiger partial charge is 0.497 e. The van der Waals surface area contributed by atoms with E-state index in [1.807, 2.05) is 18.2 Å². The number of anilines is 1. The minimum atomic E-state index is -0.234. The number of hydrogen-bond acceptors (Lipinski definition) is 4. The summed E-state index contributed by atoms with van der Waals surface area (Å²) in [6, 6.07) is 21.2. The molecule has 0 aliphatic heterocycles. The van der Waals surface area contributed by atoms with Crippen molar-refractivity contribution in [2.24, 2.45) is 0 Å². The second-order valence-corrected chi connectivity index (χ2v) is 6.55. The van der Waals surface area contributed by atoms with Crippen molar-refractivity contribution in [1.82, 2.24) is 9.55 Å². The van der Waals surface area contributed by atoms with Gasteiger partial charge in [0.15, 0.2) is 0 Å². The minimum absolute atomic E-state index is 0.136. The van der Waals surface area contributed by atoms with Crippen LogP contribution in [0, 0.1) is 6.92 Å². The van der Waals surface area contributed by atoms with E-state index in [4.69, 9.17) is 4.74 Å². The van der Waals surface area contributed by atoms with E-state index in [-0.39, 0.29) is 11.5 Å². The number of nitrogens with zero attached hydrogens (tertiary/aromatic N) is 2. The number of aryl methyl sites for hydroxylation is 1. The van der Waals surface area contributed by atoms with Gasteiger partial charge in [-0.15, -0.1) is 0 Å². The highest BCUT2D eigenvalue weighted by molar-refractivity contribution is 6.04. The van der Waals surface area contributed by atoms with E-state index in [0.717, 1.165) is 5.75 Å². The van der Waals surface area contributed by atoms with Crippen molar-refractivity contribution >= 4 is 22.5 Å². The lowest BCUT2D eigenvalue weighted by Gasteiger charge is -2.12.